The maximum atomic E-state index is 14.3. The van der Waals surface area contributed by atoms with Gasteiger partial charge in [0.15, 0.2) is 5.43 Å². The van der Waals surface area contributed by atoms with Crippen molar-refractivity contribution in [3.05, 3.63) is 81.4 Å². The van der Waals surface area contributed by atoms with Crippen molar-refractivity contribution in [2.75, 3.05) is 4.43 Å². The molecule has 1 N–H and O–H groups in total. The van der Waals surface area contributed by atoms with Crippen LogP contribution in [0.3, 0.4) is 0 Å². The van der Waals surface area contributed by atoms with Gasteiger partial charge in [-0.3, -0.25) is 4.79 Å². The van der Waals surface area contributed by atoms with E-state index < -0.39 is 17.0 Å². The number of nitrogens with zero attached hydrogens (tertiary/aromatic N) is 2. The Balaban J connectivity index is 1.99. The number of H-pyrrole nitrogens is 1. The van der Waals surface area contributed by atoms with Crippen LogP contribution in [0.1, 0.15) is 43.6 Å². The van der Waals surface area contributed by atoms with Gasteiger partial charge in [-0.2, -0.15) is 5.10 Å². The molecule has 2 aromatic heterocycles. The zero-order valence-corrected chi connectivity index (χ0v) is 18.4. The lowest BCUT2D eigenvalue weighted by molar-refractivity contribution is 0.209. The topological polar surface area (TPSA) is 58.6 Å². The Morgan fingerprint density at radius 1 is 1.14 bits per heavy atom. The summed E-state index contributed by atoms with van der Waals surface area (Å²) in [7, 11) is 0. The fourth-order valence-electron chi connectivity index (χ4n) is 4.47. The van der Waals surface area contributed by atoms with E-state index in [1.165, 1.54) is 24.3 Å². The summed E-state index contributed by atoms with van der Waals surface area (Å²) >= 11 is 2.31. The molecule has 0 saturated carbocycles. The molecule has 4 rings (SSSR count). The summed E-state index contributed by atoms with van der Waals surface area (Å²) < 4.78 is 29.3. The average molecular weight is 507 g/mol. The van der Waals surface area contributed by atoms with Crippen LogP contribution < -0.4 is 5.43 Å². The number of alkyl halides is 1. The van der Waals surface area contributed by atoms with Gasteiger partial charge in [-0.1, -0.05) is 49.4 Å². The molecule has 150 valence electrons. The molecule has 1 aliphatic carbocycles. The van der Waals surface area contributed by atoms with Gasteiger partial charge in [0.05, 0.1) is 22.4 Å². The highest BCUT2D eigenvalue weighted by atomic mass is 127. The second-order valence-electron chi connectivity index (χ2n) is 8.05. The van der Waals surface area contributed by atoms with Gasteiger partial charge in [-0.25, -0.2) is 8.78 Å². The number of nitrogens with one attached hydrogen (secondary N) is 1. The fourth-order valence-corrected chi connectivity index (χ4v) is 6.23. The summed E-state index contributed by atoms with van der Waals surface area (Å²) in [5.74, 6) is -1.31. The predicted molar refractivity (Wildman–Crippen MR) is 116 cm³/mol. The Bertz CT molecular complexity index is 1140. The minimum Gasteiger partial charge on any atom is -0.364 e. The number of benzene rings is 1. The molecule has 0 aliphatic heterocycles. The molecule has 1 aromatic carbocycles. The third-order valence-corrected chi connectivity index (χ3v) is 7.67. The number of pyridine rings is 1. The van der Waals surface area contributed by atoms with Crippen LogP contribution in [-0.2, 0) is 5.41 Å². The smallest absolute Gasteiger partial charge is 0.181 e. The second-order valence-corrected chi connectivity index (χ2v) is 8.81. The SMILES string of the molecule is C[C@H]1c2cc(-c3c(F)cccc3F)nnc2[C@](CI)(c2cc(=O)cc[nH]2)C1(C)C. The number of hydrogen-bond donors (Lipinski definition) is 1. The van der Waals surface area contributed by atoms with E-state index in [-0.39, 0.29) is 28.0 Å². The number of hydrogen-bond acceptors (Lipinski definition) is 3. The maximum absolute atomic E-state index is 14.3. The van der Waals surface area contributed by atoms with Crippen LogP contribution in [0.15, 0.2) is 47.4 Å². The highest BCUT2D eigenvalue weighted by molar-refractivity contribution is 14.1. The van der Waals surface area contributed by atoms with Gasteiger partial charge in [0.25, 0.3) is 0 Å². The molecule has 1 aliphatic rings. The van der Waals surface area contributed by atoms with Crippen LogP contribution in [0, 0.1) is 17.0 Å². The van der Waals surface area contributed by atoms with Crippen molar-refractivity contribution in [3.8, 4) is 11.3 Å². The van der Waals surface area contributed by atoms with E-state index in [1.54, 1.807) is 18.3 Å². The standard InChI is InChI=1S/C22H20F2IN3O/c1-12-14-10-17(19-15(23)5-4-6-16(19)24)27-28-20(14)22(11-25,21(12,2)3)18-9-13(29)7-8-26-18/h4-10,12H,11H2,1-3H3,(H,26,29)/t12-,22-/m0/s1. The molecule has 2 heterocycles. The maximum Gasteiger partial charge on any atom is 0.181 e. The first-order chi connectivity index (χ1) is 13.7. The van der Waals surface area contributed by atoms with Gasteiger partial charge in [-0.05, 0) is 35.1 Å². The molecule has 0 unspecified atom stereocenters. The van der Waals surface area contributed by atoms with E-state index in [1.807, 2.05) is 0 Å². The molecule has 0 amide bonds. The van der Waals surface area contributed by atoms with Gasteiger partial charge < -0.3 is 4.98 Å². The van der Waals surface area contributed by atoms with Crippen LogP contribution in [0.4, 0.5) is 8.78 Å². The van der Waals surface area contributed by atoms with Crippen molar-refractivity contribution in [2.24, 2.45) is 5.41 Å². The van der Waals surface area contributed by atoms with Gasteiger partial charge in [0.1, 0.15) is 11.6 Å². The minimum atomic E-state index is -0.670. The molecule has 0 fully saturated rings. The molecule has 0 saturated heterocycles. The molecule has 7 heteroatoms. The Hall–Kier alpha value is -2.16. The van der Waals surface area contributed by atoms with Crippen molar-refractivity contribution in [1.82, 2.24) is 15.2 Å². The predicted octanol–water partition coefficient (Wildman–Crippen LogP) is 4.97. The third-order valence-electron chi connectivity index (χ3n) is 6.53. The van der Waals surface area contributed by atoms with E-state index in [2.05, 4.69) is 58.5 Å². The van der Waals surface area contributed by atoms with Crippen molar-refractivity contribution in [3.63, 3.8) is 0 Å². The van der Waals surface area contributed by atoms with Crippen LogP contribution in [0.5, 0.6) is 0 Å². The summed E-state index contributed by atoms with van der Waals surface area (Å²) in [6.45, 7) is 6.34. The first-order valence-corrected chi connectivity index (χ1v) is 10.8. The van der Waals surface area contributed by atoms with E-state index in [4.69, 9.17) is 0 Å². The zero-order chi connectivity index (χ0) is 21.0. The number of fused-ring (bicyclic) bond motifs is 1. The summed E-state index contributed by atoms with van der Waals surface area (Å²) in [5.41, 5.74) is 1.42. The van der Waals surface area contributed by atoms with Gasteiger partial charge in [-0.15, -0.1) is 5.10 Å². The summed E-state index contributed by atoms with van der Waals surface area (Å²) in [6.07, 6.45) is 1.64. The normalized spacial score (nSPS) is 22.5. The van der Waals surface area contributed by atoms with E-state index in [0.717, 1.165) is 17.0 Å². The largest absolute Gasteiger partial charge is 0.364 e. The highest BCUT2D eigenvalue weighted by Gasteiger charge is 2.58. The summed E-state index contributed by atoms with van der Waals surface area (Å²) in [6, 6.07) is 8.58. The highest BCUT2D eigenvalue weighted by Crippen LogP contribution is 2.61. The quantitative estimate of drug-likeness (QED) is 0.402. The van der Waals surface area contributed by atoms with Crippen LogP contribution >= 0.6 is 22.6 Å². The lowest BCUT2D eigenvalue weighted by atomic mass is 9.63. The van der Waals surface area contributed by atoms with Crippen molar-refractivity contribution in [1.29, 1.82) is 0 Å². The molecule has 4 nitrogen and oxygen atoms in total. The number of aromatic nitrogens is 3. The lowest BCUT2D eigenvalue weighted by Crippen LogP contribution is -2.44. The Kier molecular flexibility index (Phi) is 4.83. The van der Waals surface area contributed by atoms with E-state index in [0.29, 0.717) is 4.43 Å². The molecular weight excluding hydrogens is 487 g/mol. The molecular formula is C22H20F2IN3O. The third kappa shape index (κ3) is 2.77. The fraction of sp³-hybridized carbons (Fsp3) is 0.318. The first-order valence-electron chi connectivity index (χ1n) is 9.31. The first kappa shape index (κ1) is 20.1. The average Bonchev–Trinajstić information content (AvgIpc) is 2.85. The Morgan fingerprint density at radius 2 is 1.83 bits per heavy atom. The molecule has 3 aromatic rings. The van der Waals surface area contributed by atoms with Crippen LogP contribution in [0.2, 0.25) is 0 Å². The lowest BCUT2D eigenvalue weighted by Gasteiger charge is -2.42. The zero-order valence-electron chi connectivity index (χ0n) is 16.3. The summed E-state index contributed by atoms with van der Waals surface area (Å²) in [5, 5.41) is 8.69. The van der Waals surface area contributed by atoms with Gasteiger partial charge in [0.2, 0.25) is 0 Å². The van der Waals surface area contributed by atoms with E-state index >= 15 is 0 Å². The van der Waals surface area contributed by atoms with Gasteiger partial charge in [0, 0.05) is 28.5 Å². The Labute approximate surface area is 180 Å². The van der Waals surface area contributed by atoms with E-state index in [9.17, 15) is 13.6 Å². The molecule has 29 heavy (non-hydrogen) atoms. The van der Waals surface area contributed by atoms with Crippen LogP contribution in [-0.4, -0.2) is 19.6 Å². The Morgan fingerprint density at radius 3 is 2.45 bits per heavy atom. The summed E-state index contributed by atoms with van der Waals surface area (Å²) in [4.78, 5) is 15.3. The molecule has 0 radical (unpaired) electrons. The number of aromatic amines is 1. The van der Waals surface area contributed by atoms with Crippen molar-refractivity contribution < 1.29 is 8.78 Å². The number of halogens is 3. The van der Waals surface area contributed by atoms with Crippen molar-refractivity contribution in [2.45, 2.75) is 32.1 Å². The van der Waals surface area contributed by atoms with Crippen molar-refractivity contribution >= 4 is 22.6 Å². The van der Waals surface area contributed by atoms with Gasteiger partial charge >= 0.3 is 0 Å². The number of rotatable bonds is 3. The van der Waals surface area contributed by atoms with Crippen LogP contribution in [0.25, 0.3) is 11.3 Å². The molecule has 0 spiro atoms. The minimum absolute atomic E-state index is 0.0278. The molecule has 0 bridgehead atoms. The second kappa shape index (κ2) is 6.97. The molecule has 2 atom stereocenters. The monoisotopic (exact) mass is 507 g/mol.